The predicted octanol–water partition coefficient (Wildman–Crippen LogP) is 3.20. The van der Waals surface area contributed by atoms with E-state index >= 15 is 0 Å². The van der Waals surface area contributed by atoms with E-state index in [-0.39, 0.29) is 12.4 Å². The Kier molecular flexibility index (Phi) is 7.88. The maximum Gasteiger partial charge on any atom is 0.122 e. The molecule has 1 heterocycles. The zero-order valence-corrected chi connectivity index (χ0v) is 14.7. The molecule has 2 rings (SSSR count). The van der Waals surface area contributed by atoms with E-state index in [0.717, 1.165) is 36.5 Å². The van der Waals surface area contributed by atoms with Gasteiger partial charge < -0.3 is 9.64 Å². The quantitative estimate of drug-likeness (QED) is 0.799. The van der Waals surface area contributed by atoms with Crippen molar-refractivity contribution in [3.05, 3.63) is 28.2 Å². The third kappa shape index (κ3) is 5.24. The molecule has 114 valence electrons. The molecule has 0 unspecified atom stereocenters. The van der Waals surface area contributed by atoms with E-state index in [1.54, 1.807) is 0 Å². The number of rotatable bonds is 5. The molecule has 1 aliphatic rings. The van der Waals surface area contributed by atoms with Crippen molar-refractivity contribution in [1.29, 1.82) is 0 Å². The summed E-state index contributed by atoms with van der Waals surface area (Å²) in [6.07, 6.45) is 0. The minimum Gasteiger partial charge on any atom is -0.492 e. The lowest BCUT2D eigenvalue weighted by molar-refractivity contribution is 0.120. The molecule has 0 amide bonds. The molecule has 1 aromatic rings. The summed E-state index contributed by atoms with van der Waals surface area (Å²) in [5.41, 5.74) is 1.19. The van der Waals surface area contributed by atoms with Crippen LogP contribution in [0.2, 0.25) is 0 Å². The van der Waals surface area contributed by atoms with Crippen LogP contribution in [0, 0.1) is 6.92 Å². The first-order valence-electron chi connectivity index (χ1n) is 7.02. The average molecular weight is 364 g/mol. The van der Waals surface area contributed by atoms with Gasteiger partial charge in [-0.3, -0.25) is 4.90 Å². The molecule has 3 nitrogen and oxygen atoms in total. The van der Waals surface area contributed by atoms with Crippen LogP contribution in [-0.2, 0) is 0 Å². The lowest BCUT2D eigenvalue weighted by Crippen LogP contribution is -2.47. The number of hydrogen-bond donors (Lipinski definition) is 0. The van der Waals surface area contributed by atoms with Crippen LogP contribution < -0.4 is 4.74 Å². The van der Waals surface area contributed by atoms with Crippen molar-refractivity contribution < 1.29 is 4.74 Å². The van der Waals surface area contributed by atoms with Gasteiger partial charge in [-0.05, 0) is 37.2 Å². The monoisotopic (exact) mass is 362 g/mol. The van der Waals surface area contributed by atoms with Gasteiger partial charge in [-0.1, -0.05) is 22.9 Å². The standard InChI is InChI=1S/C15H23BrN2O.ClH/c1-3-17-6-8-18(9-7-17)10-11-19-15-5-4-14(16)12-13(15)2;/h4-5,12H,3,6-11H2,1-2H3;1H. The summed E-state index contributed by atoms with van der Waals surface area (Å²) in [5, 5.41) is 0. The van der Waals surface area contributed by atoms with E-state index in [2.05, 4.69) is 45.6 Å². The minimum absolute atomic E-state index is 0. The molecule has 0 saturated carbocycles. The molecule has 5 heteroatoms. The van der Waals surface area contributed by atoms with E-state index in [1.807, 2.05) is 12.1 Å². The number of hydrogen-bond acceptors (Lipinski definition) is 3. The molecule has 0 aromatic heterocycles. The molecule has 0 radical (unpaired) electrons. The maximum atomic E-state index is 5.87. The Labute approximate surface area is 136 Å². The summed E-state index contributed by atoms with van der Waals surface area (Å²) in [7, 11) is 0. The van der Waals surface area contributed by atoms with Gasteiger partial charge in [0.1, 0.15) is 12.4 Å². The van der Waals surface area contributed by atoms with Crippen LogP contribution in [0.25, 0.3) is 0 Å². The molecule has 0 atom stereocenters. The SMILES string of the molecule is CCN1CCN(CCOc2ccc(Br)cc2C)CC1.Cl. The Morgan fingerprint density at radius 3 is 2.40 bits per heavy atom. The first-order valence-corrected chi connectivity index (χ1v) is 7.82. The van der Waals surface area contributed by atoms with Crippen LogP contribution in [-0.4, -0.2) is 55.7 Å². The van der Waals surface area contributed by atoms with Gasteiger partial charge in [0.2, 0.25) is 0 Å². The largest absolute Gasteiger partial charge is 0.492 e. The van der Waals surface area contributed by atoms with Gasteiger partial charge >= 0.3 is 0 Å². The van der Waals surface area contributed by atoms with E-state index < -0.39 is 0 Å². The van der Waals surface area contributed by atoms with E-state index in [1.165, 1.54) is 25.2 Å². The second kappa shape index (κ2) is 8.88. The Hall–Kier alpha value is -0.290. The molecule has 20 heavy (non-hydrogen) atoms. The molecule has 0 N–H and O–H groups in total. The average Bonchev–Trinajstić information content (AvgIpc) is 2.42. The predicted molar refractivity (Wildman–Crippen MR) is 90.2 cm³/mol. The number of ether oxygens (including phenoxy) is 1. The smallest absolute Gasteiger partial charge is 0.122 e. The summed E-state index contributed by atoms with van der Waals surface area (Å²) >= 11 is 3.47. The van der Waals surface area contributed by atoms with Crippen LogP contribution in [0.1, 0.15) is 12.5 Å². The third-order valence-corrected chi connectivity index (χ3v) is 4.21. The van der Waals surface area contributed by atoms with Crippen molar-refractivity contribution in [2.75, 3.05) is 45.9 Å². The van der Waals surface area contributed by atoms with Crippen LogP contribution >= 0.6 is 28.3 Å². The lowest BCUT2D eigenvalue weighted by Gasteiger charge is -2.33. The zero-order chi connectivity index (χ0) is 13.7. The Morgan fingerprint density at radius 2 is 1.80 bits per heavy atom. The fourth-order valence-electron chi connectivity index (χ4n) is 2.39. The van der Waals surface area contributed by atoms with Crippen LogP contribution in [0.5, 0.6) is 5.75 Å². The van der Waals surface area contributed by atoms with Crippen molar-refractivity contribution >= 4 is 28.3 Å². The number of nitrogens with zero attached hydrogens (tertiary/aromatic N) is 2. The fraction of sp³-hybridized carbons (Fsp3) is 0.600. The summed E-state index contributed by atoms with van der Waals surface area (Å²) in [6.45, 7) is 12.0. The molecule has 1 aromatic carbocycles. The molecule has 0 aliphatic carbocycles. The number of piperazine rings is 1. The van der Waals surface area contributed by atoms with Gasteiger partial charge in [-0.25, -0.2) is 0 Å². The van der Waals surface area contributed by atoms with Crippen molar-refractivity contribution in [3.8, 4) is 5.75 Å². The van der Waals surface area contributed by atoms with Gasteiger partial charge in [-0.2, -0.15) is 0 Å². The molecule has 0 spiro atoms. The highest BCUT2D eigenvalue weighted by Crippen LogP contribution is 2.22. The zero-order valence-electron chi connectivity index (χ0n) is 12.3. The number of likely N-dealkylation sites (N-methyl/N-ethyl adjacent to an activating group) is 1. The van der Waals surface area contributed by atoms with Crippen LogP contribution in [0.3, 0.4) is 0 Å². The van der Waals surface area contributed by atoms with E-state index in [0.29, 0.717) is 0 Å². The van der Waals surface area contributed by atoms with Crippen molar-refractivity contribution in [2.24, 2.45) is 0 Å². The third-order valence-electron chi connectivity index (χ3n) is 3.71. The molecule has 1 saturated heterocycles. The normalized spacial score (nSPS) is 16.8. The highest BCUT2D eigenvalue weighted by molar-refractivity contribution is 9.10. The summed E-state index contributed by atoms with van der Waals surface area (Å²) < 4.78 is 6.98. The Bertz CT molecular complexity index is 409. The summed E-state index contributed by atoms with van der Waals surface area (Å²) in [6, 6.07) is 6.16. The number of aryl methyl sites for hydroxylation is 1. The Morgan fingerprint density at radius 1 is 1.15 bits per heavy atom. The molecule has 1 aliphatic heterocycles. The first kappa shape index (κ1) is 17.8. The van der Waals surface area contributed by atoms with Crippen molar-refractivity contribution in [1.82, 2.24) is 9.80 Å². The van der Waals surface area contributed by atoms with Crippen molar-refractivity contribution in [2.45, 2.75) is 13.8 Å². The highest BCUT2D eigenvalue weighted by Gasteiger charge is 2.14. The second-order valence-corrected chi connectivity index (χ2v) is 5.95. The molecule has 1 fully saturated rings. The number of halogens is 2. The van der Waals surface area contributed by atoms with E-state index in [4.69, 9.17) is 4.74 Å². The van der Waals surface area contributed by atoms with Crippen molar-refractivity contribution in [3.63, 3.8) is 0 Å². The maximum absolute atomic E-state index is 5.87. The van der Waals surface area contributed by atoms with E-state index in [9.17, 15) is 0 Å². The lowest BCUT2D eigenvalue weighted by atomic mass is 10.2. The summed E-state index contributed by atoms with van der Waals surface area (Å²) in [4.78, 5) is 4.98. The topological polar surface area (TPSA) is 15.7 Å². The second-order valence-electron chi connectivity index (χ2n) is 5.03. The van der Waals surface area contributed by atoms with Crippen LogP contribution in [0.4, 0.5) is 0 Å². The summed E-state index contributed by atoms with van der Waals surface area (Å²) in [5.74, 6) is 0.996. The number of benzene rings is 1. The fourth-order valence-corrected chi connectivity index (χ4v) is 2.86. The van der Waals surface area contributed by atoms with Gasteiger partial charge in [0.05, 0.1) is 0 Å². The first-order chi connectivity index (χ1) is 9.19. The van der Waals surface area contributed by atoms with Gasteiger partial charge in [0.25, 0.3) is 0 Å². The van der Waals surface area contributed by atoms with Crippen LogP contribution in [0.15, 0.2) is 22.7 Å². The molecular formula is C15H24BrClN2O. The molecular weight excluding hydrogens is 340 g/mol. The minimum atomic E-state index is 0. The van der Waals surface area contributed by atoms with Gasteiger partial charge in [0.15, 0.2) is 0 Å². The van der Waals surface area contributed by atoms with Gasteiger partial charge in [-0.15, -0.1) is 12.4 Å². The van der Waals surface area contributed by atoms with Gasteiger partial charge in [0, 0.05) is 37.2 Å². The molecule has 0 bridgehead atoms. The Balaban J connectivity index is 0.00000200. The highest BCUT2D eigenvalue weighted by atomic mass is 79.9.